The second-order valence-corrected chi connectivity index (χ2v) is 6.29. The third kappa shape index (κ3) is 4.86. The van der Waals surface area contributed by atoms with E-state index in [2.05, 4.69) is 34.1 Å². The van der Waals surface area contributed by atoms with E-state index in [-0.39, 0.29) is 0 Å². The molecule has 1 fully saturated rings. The standard InChI is InChI=1S/C19H24N2O2/c22-19(9-12-23-13-10-19)16-21(14-17-6-2-1-3-7-17)15-18-8-4-5-11-20-18/h1-8,11,22H,9-10,12-16H2. The van der Waals surface area contributed by atoms with Crippen LogP contribution < -0.4 is 0 Å². The van der Waals surface area contributed by atoms with Gasteiger partial charge in [0.15, 0.2) is 0 Å². The number of nitrogens with zero attached hydrogens (tertiary/aromatic N) is 2. The van der Waals surface area contributed by atoms with Gasteiger partial charge in [-0.3, -0.25) is 9.88 Å². The summed E-state index contributed by atoms with van der Waals surface area (Å²) in [6.45, 7) is 3.46. The lowest BCUT2D eigenvalue weighted by atomic mass is 9.93. The highest BCUT2D eigenvalue weighted by Crippen LogP contribution is 2.23. The molecular formula is C19H24N2O2. The van der Waals surface area contributed by atoms with Crippen LogP contribution in [0.4, 0.5) is 0 Å². The Hall–Kier alpha value is -1.75. The van der Waals surface area contributed by atoms with Crippen LogP contribution in [-0.2, 0) is 17.8 Å². The SMILES string of the molecule is OC1(CN(Cc2ccccc2)Cc2ccccn2)CCOCC1. The van der Waals surface area contributed by atoms with Crippen molar-refractivity contribution in [1.29, 1.82) is 0 Å². The lowest BCUT2D eigenvalue weighted by molar-refractivity contribution is -0.0822. The molecule has 0 aliphatic carbocycles. The molecular weight excluding hydrogens is 288 g/mol. The maximum atomic E-state index is 10.9. The Balaban J connectivity index is 1.72. The van der Waals surface area contributed by atoms with Crippen LogP contribution in [0.1, 0.15) is 24.1 Å². The van der Waals surface area contributed by atoms with Crippen LogP contribution in [0.25, 0.3) is 0 Å². The van der Waals surface area contributed by atoms with Crippen LogP contribution >= 0.6 is 0 Å². The summed E-state index contributed by atoms with van der Waals surface area (Å²) < 4.78 is 5.39. The van der Waals surface area contributed by atoms with Gasteiger partial charge in [0.25, 0.3) is 0 Å². The van der Waals surface area contributed by atoms with Gasteiger partial charge < -0.3 is 9.84 Å². The number of hydrogen-bond donors (Lipinski definition) is 1. The van der Waals surface area contributed by atoms with Crippen molar-refractivity contribution in [2.24, 2.45) is 0 Å². The largest absolute Gasteiger partial charge is 0.388 e. The fourth-order valence-corrected chi connectivity index (χ4v) is 3.06. The van der Waals surface area contributed by atoms with Gasteiger partial charge in [-0.25, -0.2) is 0 Å². The van der Waals surface area contributed by atoms with Gasteiger partial charge in [-0.2, -0.15) is 0 Å². The summed E-state index contributed by atoms with van der Waals surface area (Å²) >= 11 is 0. The molecule has 0 saturated carbocycles. The maximum Gasteiger partial charge on any atom is 0.0818 e. The first kappa shape index (κ1) is 16.1. The summed E-state index contributed by atoms with van der Waals surface area (Å²) in [6.07, 6.45) is 3.21. The van der Waals surface area contributed by atoms with Gasteiger partial charge in [-0.1, -0.05) is 36.4 Å². The minimum absolute atomic E-state index is 0.638. The van der Waals surface area contributed by atoms with Crippen molar-refractivity contribution in [2.75, 3.05) is 19.8 Å². The molecule has 0 radical (unpaired) electrons. The van der Waals surface area contributed by atoms with Crippen molar-refractivity contribution in [3.63, 3.8) is 0 Å². The zero-order valence-electron chi connectivity index (χ0n) is 13.4. The molecule has 4 heteroatoms. The number of rotatable bonds is 6. The maximum absolute atomic E-state index is 10.9. The smallest absolute Gasteiger partial charge is 0.0818 e. The van der Waals surface area contributed by atoms with E-state index >= 15 is 0 Å². The lowest BCUT2D eigenvalue weighted by Crippen LogP contribution is -2.46. The summed E-state index contributed by atoms with van der Waals surface area (Å²) in [5.74, 6) is 0. The predicted molar refractivity (Wildman–Crippen MR) is 89.8 cm³/mol. The number of hydrogen-bond acceptors (Lipinski definition) is 4. The minimum Gasteiger partial charge on any atom is -0.388 e. The number of benzene rings is 1. The van der Waals surface area contributed by atoms with Crippen LogP contribution in [0.15, 0.2) is 54.7 Å². The van der Waals surface area contributed by atoms with E-state index < -0.39 is 5.60 Å². The average molecular weight is 312 g/mol. The number of aliphatic hydroxyl groups is 1. The minimum atomic E-state index is -0.665. The van der Waals surface area contributed by atoms with E-state index in [0.717, 1.165) is 18.8 Å². The number of aromatic nitrogens is 1. The van der Waals surface area contributed by atoms with Crippen molar-refractivity contribution in [3.8, 4) is 0 Å². The summed E-state index contributed by atoms with van der Waals surface area (Å²) in [6, 6.07) is 16.3. The molecule has 1 aromatic heterocycles. The molecule has 1 aromatic carbocycles. The van der Waals surface area contributed by atoms with Gasteiger partial charge in [-0.05, 0) is 17.7 Å². The first-order valence-electron chi connectivity index (χ1n) is 8.20. The molecule has 0 atom stereocenters. The first-order valence-corrected chi connectivity index (χ1v) is 8.20. The fourth-order valence-electron chi connectivity index (χ4n) is 3.06. The van der Waals surface area contributed by atoms with Gasteiger partial charge in [0.2, 0.25) is 0 Å². The van der Waals surface area contributed by atoms with Crippen LogP contribution in [-0.4, -0.2) is 40.3 Å². The molecule has 2 heterocycles. The molecule has 1 aliphatic heterocycles. The molecule has 0 amide bonds. The average Bonchev–Trinajstić information content (AvgIpc) is 2.57. The van der Waals surface area contributed by atoms with Crippen molar-refractivity contribution in [2.45, 2.75) is 31.5 Å². The molecule has 0 bridgehead atoms. The quantitative estimate of drug-likeness (QED) is 0.890. The van der Waals surface area contributed by atoms with Crippen molar-refractivity contribution in [3.05, 3.63) is 66.0 Å². The monoisotopic (exact) mass is 312 g/mol. The lowest BCUT2D eigenvalue weighted by Gasteiger charge is -2.37. The van der Waals surface area contributed by atoms with Crippen molar-refractivity contribution >= 4 is 0 Å². The van der Waals surface area contributed by atoms with Gasteiger partial charge in [0.05, 0.1) is 11.3 Å². The van der Waals surface area contributed by atoms with Crippen LogP contribution in [0.3, 0.4) is 0 Å². The summed E-state index contributed by atoms with van der Waals surface area (Å²) in [5.41, 5.74) is 1.61. The molecule has 0 spiro atoms. The van der Waals surface area contributed by atoms with E-state index in [0.29, 0.717) is 32.6 Å². The van der Waals surface area contributed by atoms with E-state index in [4.69, 9.17) is 4.74 Å². The second-order valence-electron chi connectivity index (χ2n) is 6.29. The zero-order chi connectivity index (χ0) is 16.0. The summed E-state index contributed by atoms with van der Waals surface area (Å²) in [4.78, 5) is 6.71. The zero-order valence-corrected chi connectivity index (χ0v) is 13.4. The Bertz CT molecular complexity index is 541. The van der Waals surface area contributed by atoms with E-state index in [1.807, 2.05) is 30.5 Å². The van der Waals surface area contributed by atoms with Crippen molar-refractivity contribution in [1.82, 2.24) is 9.88 Å². The Labute approximate surface area is 137 Å². The fraction of sp³-hybridized carbons (Fsp3) is 0.421. The highest BCUT2D eigenvalue weighted by atomic mass is 16.5. The molecule has 1 aliphatic rings. The van der Waals surface area contributed by atoms with Crippen LogP contribution in [0.2, 0.25) is 0 Å². The summed E-state index contributed by atoms with van der Waals surface area (Å²) in [5, 5.41) is 10.9. The van der Waals surface area contributed by atoms with E-state index in [1.54, 1.807) is 0 Å². The number of pyridine rings is 1. The Kier molecular flexibility index (Phi) is 5.39. The number of ether oxygens (including phenoxy) is 1. The highest BCUT2D eigenvalue weighted by Gasteiger charge is 2.32. The molecule has 4 nitrogen and oxygen atoms in total. The Morgan fingerprint density at radius 2 is 1.74 bits per heavy atom. The normalized spacial score (nSPS) is 17.3. The molecule has 122 valence electrons. The van der Waals surface area contributed by atoms with Gasteiger partial charge in [0.1, 0.15) is 0 Å². The third-order valence-corrected chi connectivity index (χ3v) is 4.30. The molecule has 0 unspecified atom stereocenters. The molecule has 1 saturated heterocycles. The van der Waals surface area contributed by atoms with Crippen LogP contribution in [0.5, 0.6) is 0 Å². The Morgan fingerprint density at radius 3 is 2.43 bits per heavy atom. The van der Waals surface area contributed by atoms with Gasteiger partial charge in [-0.15, -0.1) is 0 Å². The predicted octanol–water partition coefficient (Wildman–Crippen LogP) is 2.63. The molecule has 1 N–H and O–H groups in total. The molecule has 3 rings (SSSR count). The Morgan fingerprint density at radius 1 is 1.00 bits per heavy atom. The second kappa shape index (κ2) is 7.68. The van der Waals surface area contributed by atoms with E-state index in [1.165, 1.54) is 5.56 Å². The van der Waals surface area contributed by atoms with Gasteiger partial charge >= 0.3 is 0 Å². The van der Waals surface area contributed by atoms with E-state index in [9.17, 15) is 5.11 Å². The summed E-state index contributed by atoms with van der Waals surface area (Å²) in [7, 11) is 0. The highest BCUT2D eigenvalue weighted by molar-refractivity contribution is 5.15. The van der Waals surface area contributed by atoms with Gasteiger partial charge in [0, 0.05) is 51.9 Å². The molecule has 23 heavy (non-hydrogen) atoms. The first-order chi connectivity index (χ1) is 11.2. The van der Waals surface area contributed by atoms with Crippen LogP contribution in [0, 0.1) is 0 Å². The topological polar surface area (TPSA) is 45.6 Å². The van der Waals surface area contributed by atoms with Crippen molar-refractivity contribution < 1.29 is 9.84 Å². The molecule has 2 aromatic rings. The third-order valence-electron chi connectivity index (χ3n) is 4.30.